The fourth-order valence-electron chi connectivity index (χ4n) is 1.69. The summed E-state index contributed by atoms with van der Waals surface area (Å²) in [6.45, 7) is 7.34. The van der Waals surface area contributed by atoms with Gasteiger partial charge >= 0.3 is 0 Å². The highest BCUT2D eigenvalue weighted by Crippen LogP contribution is 2.20. The molecule has 2 rings (SSSR count). The van der Waals surface area contributed by atoms with Crippen molar-refractivity contribution in [1.29, 1.82) is 0 Å². The standard InChI is InChI=1S/C13H18N4O2/c1-8(2)9(3)7-14-13-15-11-5-4-10(17(18)19)6-12(11)16-13/h4-6,8-9H,7H2,1-3H3,(H2,14,15,16). The summed E-state index contributed by atoms with van der Waals surface area (Å²) >= 11 is 0. The van der Waals surface area contributed by atoms with Crippen LogP contribution in [0.15, 0.2) is 18.2 Å². The molecular weight excluding hydrogens is 244 g/mol. The van der Waals surface area contributed by atoms with Crippen LogP contribution in [0.5, 0.6) is 0 Å². The second kappa shape index (κ2) is 5.26. The average Bonchev–Trinajstić information content (AvgIpc) is 2.77. The first-order valence-electron chi connectivity index (χ1n) is 6.35. The summed E-state index contributed by atoms with van der Waals surface area (Å²) in [7, 11) is 0. The number of imidazole rings is 1. The molecule has 0 fully saturated rings. The first-order chi connectivity index (χ1) is 8.97. The quantitative estimate of drug-likeness (QED) is 0.640. The Hall–Kier alpha value is -2.11. The largest absolute Gasteiger partial charge is 0.356 e. The van der Waals surface area contributed by atoms with E-state index in [1.807, 2.05) is 0 Å². The minimum absolute atomic E-state index is 0.0678. The molecule has 0 aliphatic heterocycles. The number of rotatable bonds is 5. The van der Waals surface area contributed by atoms with Gasteiger partial charge in [0.05, 0.1) is 16.0 Å². The number of aromatic nitrogens is 2. The lowest BCUT2D eigenvalue weighted by Gasteiger charge is -2.15. The first kappa shape index (κ1) is 13.3. The Balaban J connectivity index is 2.15. The molecule has 1 aromatic heterocycles. The zero-order chi connectivity index (χ0) is 14.0. The highest BCUT2D eigenvalue weighted by atomic mass is 16.6. The van der Waals surface area contributed by atoms with Gasteiger partial charge in [-0.3, -0.25) is 10.1 Å². The number of hydrogen-bond donors (Lipinski definition) is 2. The topological polar surface area (TPSA) is 83.8 Å². The zero-order valence-electron chi connectivity index (χ0n) is 11.3. The van der Waals surface area contributed by atoms with Crippen LogP contribution in [0, 0.1) is 22.0 Å². The predicted molar refractivity (Wildman–Crippen MR) is 75.2 cm³/mol. The first-order valence-corrected chi connectivity index (χ1v) is 6.35. The van der Waals surface area contributed by atoms with Gasteiger partial charge in [0.1, 0.15) is 0 Å². The van der Waals surface area contributed by atoms with Crippen molar-refractivity contribution in [3.05, 3.63) is 28.3 Å². The lowest BCUT2D eigenvalue weighted by molar-refractivity contribution is -0.384. The minimum atomic E-state index is -0.409. The van der Waals surface area contributed by atoms with E-state index in [4.69, 9.17) is 0 Å². The fraction of sp³-hybridized carbons (Fsp3) is 0.462. The molecule has 19 heavy (non-hydrogen) atoms. The maximum absolute atomic E-state index is 10.7. The normalized spacial score (nSPS) is 12.8. The van der Waals surface area contributed by atoms with Crippen molar-refractivity contribution in [2.24, 2.45) is 11.8 Å². The smallest absolute Gasteiger partial charge is 0.271 e. The van der Waals surface area contributed by atoms with Gasteiger partial charge in [-0.15, -0.1) is 0 Å². The molecule has 0 bridgehead atoms. The van der Waals surface area contributed by atoms with E-state index in [2.05, 4.69) is 36.1 Å². The fourth-order valence-corrected chi connectivity index (χ4v) is 1.69. The number of nitrogens with one attached hydrogen (secondary N) is 2. The Labute approximate surface area is 111 Å². The van der Waals surface area contributed by atoms with Crippen molar-refractivity contribution in [2.45, 2.75) is 20.8 Å². The van der Waals surface area contributed by atoms with Gasteiger partial charge in [0.25, 0.3) is 5.69 Å². The second-order valence-electron chi connectivity index (χ2n) is 5.15. The molecule has 6 heteroatoms. The molecule has 0 aliphatic carbocycles. The second-order valence-corrected chi connectivity index (χ2v) is 5.15. The molecule has 1 aromatic carbocycles. The third-order valence-electron chi connectivity index (χ3n) is 3.41. The third kappa shape index (κ3) is 3.01. The number of benzene rings is 1. The maximum atomic E-state index is 10.7. The summed E-state index contributed by atoms with van der Waals surface area (Å²) in [4.78, 5) is 17.7. The summed E-state index contributed by atoms with van der Waals surface area (Å²) < 4.78 is 0. The van der Waals surface area contributed by atoms with Gasteiger partial charge in [0.15, 0.2) is 0 Å². The highest BCUT2D eigenvalue weighted by molar-refractivity contribution is 5.79. The van der Waals surface area contributed by atoms with E-state index in [1.54, 1.807) is 6.07 Å². The third-order valence-corrected chi connectivity index (χ3v) is 3.41. The van der Waals surface area contributed by atoms with Gasteiger partial charge < -0.3 is 10.3 Å². The maximum Gasteiger partial charge on any atom is 0.271 e. The molecule has 0 radical (unpaired) electrons. The number of anilines is 1. The molecular formula is C13H18N4O2. The average molecular weight is 262 g/mol. The van der Waals surface area contributed by atoms with E-state index in [0.29, 0.717) is 23.3 Å². The number of nitrogens with zero attached hydrogens (tertiary/aromatic N) is 2. The van der Waals surface area contributed by atoms with E-state index in [-0.39, 0.29) is 5.69 Å². The number of nitro benzene ring substituents is 1. The van der Waals surface area contributed by atoms with Crippen molar-refractivity contribution in [3.63, 3.8) is 0 Å². The zero-order valence-corrected chi connectivity index (χ0v) is 11.3. The molecule has 0 amide bonds. The van der Waals surface area contributed by atoms with Gasteiger partial charge in [-0.2, -0.15) is 0 Å². The molecule has 102 valence electrons. The molecule has 0 spiro atoms. The Kier molecular flexibility index (Phi) is 3.69. The molecule has 2 N–H and O–H groups in total. The summed E-state index contributed by atoms with van der Waals surface area (Å²) in [6.07, 6.45) is 0. The Morgan fingerprint density at radius 2 is 2.16 bits per heavy atom. The van der Waals surface area contributed by atoms with Crippen LogP contribution in [-0.4, -0.2) is 21.4 Å². The number of nitro groups is 1. The SMILES string of the molecule is CC(C)C(C)CNc1nc2ccc([N+](=O)[O-])cc2[nH]1. The van der Waals surface area contributed by atoms with Crippen LogP contribution in [-0.2, 0) is 0 Å². The number of fused-ring (bicyclic) bond motifs is 1. The lowest BCUT2D eigenvalue weighted by atomic mass is 9.98. The monoisotopic (exact) mass is 262 g/mol. The number of aromatic amines is 1. The van der Waals surface area contributed by atoms with Gasteiger partial charge in [0.2, 0.25) is 5.95 Å². The van der Waals surface area contributed by atoms with Crippen molar-refractivity contribution in [3.8, 4) is 0 Å². The van der Waals surface area contributed by atoms with Crippen LogP contribution >= 0.6 is 0 Å². The summed E-state index contributed by atoms with van der Waals surface area (Å²) in [5.74, 6) is 1.78. The van der Waals surface area contributed by atoms with Gasteiger partial charge in [0, 0.05) is 18.7 Å². The summed E-state index contributed by atoms with van der Waals surface area (Å²) in [6, 6.07) is 4.62. The molecule has 0 saturated heterocycles. The Morgan fingerprint density at radius 1 is 1.42 bits per heavy atom. The molecule has 2 aromatic rings. The Morgan fingerprint density at radius 3 is 2.79 bits per heavy atom. The van der Waals surface area contributed by atoms with E-state index in [0.717, 1.165) is 12.1 Å². The van der Waals surface area contributed by atoms with Crippen LogP contribution in [0.2, 0.25) is 0 Å². The van der Waals surface area contributed by atoms with Gasteiger partial charge in [-0.25, -0.2) is 4.98 Å². The van der Waals surface area contributed by atoms with Crippen LogP contribution in [0.1, 0.15) is 20.8 Å². The number of hydrogen-bond acceptors (Lipinski definition) is 4. The molecule has 0 saturated carbocycles. The molecule has 1 atom stereocenters. The van der Waals surface area contributed by atoms with Crippen LogP contribution < -0.4 is 5.32 Å². The summed E-state index contributed by atoms with van der Waals surface area (Å²) in [5.41, 5.74) is 1.47. The number of H-pyrrole nitrogens is 1. The van der Waals surface area contributed by atoms with Gasteiger partial charge in [-0.05, 0) is 17.9 Å². The molecule has 1 unspecified atom stereocenters. The minimum Gasteiger partial charge on any atom is -0.356 e. The molecule has 0 aliphatic rings. The Bertz CT molecular complexity index is 591. The van der Waals surface area contributed by atoms with E-state index >= 15 is 0 Å². The van der Waals surface area contributed by atoms with Crippen molar-refractivity contribution >= 4 is 22.7 Å². The van der Waals surface area contributed by atoms with E-state index < -0.39 is 4.92 Å². The van der Waals surface area contributed by atoms with Crippen LogP contribution in [0.3, 0.4) is 0 Å². The van der Waals surface area contributed by atoms with Crippen molar-refractivity contribution in [2.75, 3.05) is 11.9 Å². The highest BCUT2D eigenvalue weighted by Gasteiger charge is 2.11. The number of non-ortho nitro benzene ring substituents is 1. The summed E-state index contributed by atoms with van der Waals surface area (Å²) in [5, 5.41) is 13.9. The molecule has 1 heterocycles. The van der Waals surface area contributed by atoms with Crippen LogP contribution in [0.4, 0.5) is 11.6 Å². The van der Waals surface area contributed by atoms with Crippen LogP contribution in [0.25, 0.3) is 11.0 Å². The van der Waals surface area contributed by atoms with Gasteiger partial charge in [-0.1, -0.05) is 20.8 Å². The van der Waals surface area contributed by atoms with E-state index in [1.165, 1.54) is 12.1 Å². The van der Waals surface area contributed by atoms with E-state index in [9.17, 15) is 10.1 Å². The van der Waals surface area contributed by atoms with Crippen molar-refractivity contribution < 1.29 is 4.92 Å². The predicted octanol–water partition coefficient (Wildman–Crippen LogP) is 3.18. The molecule has 6 nitrogen and oxygen atoms in total. The lowest BCUT2D eigenvalue weighted by Crippen LogP contribution is -2.16. The van der Waals surface area contributed by atoms with Crippen molar-refractivity contribution in [1.82, 2.24) is 9.97 Å².